The summed E-state index contributed by atoms with van der Waals surface area (Å²) in [5, 5.41) is 10.2. The van der Waals surface area contributed by atoms with Crippen molar-refractivity contribution in [1.82, 2.24) is 0 Å². The average Bonchev–Trinajstić information content (AvgIpc) is 2.04. The van der Waals surface area contributed by atoms with Crippen LogP contribution < -0.4 is 0 Å². The maximum atomic E-state index is 9.48. The first kappa shape index (κ1) is 8.05. The Morgan fingerprint density at radius 3 is 3.17 bits per heavy atom. The monoisotopic (exact) mass is 184 g/mol. The number of halogens is 1. The molecule has 0 fully saturated rings. The first-order valence-corrected chi connectivity index (χ1v) is 4.19. The van der Waals surface area contributed by atoms with Crippen LogP contribution in [0, 0.1) is 0 Å². The lowest BCUT2D eigenvalue weighted by Crippen LogP contribution is -2.15. The predicted molar refractivity (Wildman–Crippen MR) is 46.1 cm³/mol. The number of ether oxygens (including phenoxy) is 1. The highest BCUT2D eigenvalue weighted by molar-refractivity contribution is 6.30. The molecule has 1 aromatic rings. The fraction of sp³-hybridized carbons (Fsp3) is 0.333. The van der Waals surface area contributed by atoms with E-state index in [2.05, 4.69) is 0 Å². The second-order valence-corrected chi connectivity index (χ2v) is 3.31. The summed E-state index contributed by atoms with van der Waals surface area (Å²) in [6.07, 6.45) is -0.494. The van der Waals surface area contributed by atoms with Crippen LogP contribution in [0.4, 0.5) is 0 Å². The van der Waals surface area contributed by atoms with Crippen LogP contribution in [0.25, 0.3) is 0 Å². The van der Waals surface area contributed by atoms with Crippen LogP contribution in [-0.2, 0) is 11.3 Å². The Hall–Kier alpha value is -0.570. The van der Waals surface area contributed by atoms with Crippen LogP contribution in [0.2, 0.25) is 5.02 Å². The predicted octanol–water partition coefficient (Wildman–Crippen LogP) is 1.90. The third-order valence-corrected chi connectivity index (χ3v) is 2.23. The summed E-state index contributed by atoms with van der Waals surface area (Å²) in [4.78, 5) is 0. The van der Waals surface area contributed by atoms with Gasteiger partial charge in [0.2, 0.25) is 0 Å². The summed E-state index contributed by atoms with van der Waals surface area (Å²) >= 11 is 5.79. The van der Waals surface area contributed by atoms with E-state index in [4.69, 9.17) is 16.3 Å². The van der Waals surface area contributed by atoms with Crippen molar-refractivity contribution in [1.29, 1.82) is 0 Å². The van der Waals surface area contributed by atoms with Crippen LogP contribution >= 0.6 is 11.6 Å². The topological polar surface area (TPSA) is 29.5 Å². The Balaban J connectivity index is 2.46. The molecule has 1 N–H and O–H groups in total. The van der Waals surface area contributed by atoms with Gasteiger partial charge in [-0.15, -0.1) is 0 Å². The van der Waals surface area contributed by atoms with Gasteiger partial charge < -0.3 is 9.84 Å². The SMILES string of the molecule is OC1COCc2cc(Cl)ccc21. The summed E-state index contributed by atoms with van der Waals surface area (Å²) < 4.78 is 5.15. The van der Waals surface area contributed by atoms with Gasteiger partial charge in [0.1, 0.15) is 6.10 Å². The quantitative estimate of drug-likeness (QED) is 0.668. The fourth-order valence-corrected chi connectivity index (χ4v) is 1.59. The van der Waals surface area contributed by atoms with Gasteiger partial charge in [-0.25, -0.2) is 0 Å². The first-order chi connectivity index (χ1) is 5.77. The van der Waals surface area contributed by atoms with Gasteiger partial charge in [-0.1, -0.05) is 17.7 Å². The van der Waals surface area contributed by atoms with Gasteiger partial charge in [-0.3, -0.25) is 0 Å². The van der Waals surface area contributed by atoms with Crippen LogP contribution in [0.5, 0.6) is 0 Å². The molecule has 1 aliphatic rings. The molecule has 1 unspecified atom stereocenters. The molecule has 0 saturated carbocycles. The molecule has 0 radical (unpaired) electrons. The van der Waals surface area contributed by atoms with Crippen molar-refractivity contribution in [2.75, 3.05) is 6.61 Å². The minimum absolute atomic E-state index is 0.384. The van der Waals surface area contributed by atoms with Crippen molar-refractivity contribution in [3.63, 3.8) is 0 Å². The van der Waals surface area contributed by atoms with Crippen molar-refractivity contribution < 1.29 is 9.84 Å². The third kappa shape index (κ3) is 1.33. The highest BCUT2D eigenvalue weighted by atomic mass is 35.5. The van der Waals surface area contributed by atoms with Crippen LogP contribution in [-0.4, -0.2) is 11.7 Å². The van der Waals surface area contributed by atoms with Crippen molar-refractivity contribution >= 4 is 11.6 Å². The zero-order valence-corrected chi connectivity index (χ0v) is 7.21. The second kappa shape index (κ2) is 3.05. The van der Waals surface area contributed by atoms with E-state index in [1.165, 1.54) is 0 Å². The van der Waals surface area contributed by atoms with Gasteiger partial charge >= 0.3 is 0 Å². The Labute approximate surface area is 75.7 Å². The number of aliphatic hydroxyl groups is 1. The largest absolute Gasteiger partial charge is 0.386 e. The molecule has 2 rings (SSSR count). The van der Waals surface area contributed by atoms with Crippen LogP contribution in [0.15, 0.2) is 18.2 Å². The molecule has 12 heavy (non-hydrogen) atoms. The first-order valence-electron chi connectivity index (χ1n) is 3.81. The average molecular weight is 185 g/mol. The van der Waals surface area contributed by atoms with E-state index in [0.29, 0.717) is 18.2 Å². The number of hydrogen-bond acceptors (Lipinski definition) is 2. The van der Waals surface area contributed by atoms with E-state index >= 15 is 0 Å². The summed E-state index contributed by atoms with van der Waals surface area (Å²) in [6, 6.07) is 5.47. The van der Waals surface area contributed by atoms with Crippen molar-refractivity contribution in [3.8, 4) is 0 Å². The molecule has 2 nitrogen and oxygen atoms in total. The summed E-state index contributed by atoms with van der Waals surface area (Å²) in [5.41, 5.74) is 1.92. The van der Waals surface area contributed by atoms with Crippen molar-refractivity contribution in [2.24, 2.45) is 0 Å². The Morgan fingerprint density at radius 2 is 2.33 bits per heavy atom. The number of fused-ring (bicyclic) bond motifs is 1. The number of aliphatic hydroxyl groups excluding tert-OH is 1. The molecule has 1 aromatic carbocycles. The van der Waals surface area contributed by atoms with Gasteiger partial charge in [0.05, 0.1) is 13.2 Å². The Bertz CT molecular complexity index is 299. The number of hydrogen-bond donors (Lipinski definition) is 1. The molecular weight excluding hydrogens is 176 g/mol. The Morgan fingerprint density at radius 1 is 1.50 bits per heavy atom. The fourth-order valence-electron chi connectivity index (χ4n) is 1.39. The molecule has 0 aliphatic carbocycles. The highest BCUT2D eigenvalue weighted by Gasteiger charge is 2.17. The standard InChI is InChI=1S/C9H9ClO2/c10-7-1-2-8-6(3-7)4-12-5-9(8)11/h1-3,9,11H,4-5H2. The van der Waals surface area contributed by atoms with E-state index in [9.17, 15) is 5.11 Å². The zero-order valence-electron chi connectivity index (χ0n) is 6.46. The van der Waals surface area contributed by atoms with E-state index in [-0.39, 0.29) is 0 Å². The molecule has 0 saturated heterocycles. The molecule has 0 bridgehead atoms. The van der Waals surface area contributed by atoms with Gasteiger partial charge in [0.25, 0.3) is 0 Å². The van der Waals surface area contributed by atoms with E-state index in [0.717, 1.165) is 11.1 Å². The van der Waals surface area contributed by atoms with Gasteiger partial charge in [-0.2, -0.15) is 0 Å². The summed E-state index contributed by atoms with van der Waals surface area (Å²) in [7, 11) is 0. The lowest BCUT2D eigenvalue weighted by Gasteiger charge is -2.21. The van der Waals surface area contributed by atoms with E-state index in [1.807, 2.05) is 12.1 Å². The molecule has 0 amide bonds. The van der Waals surface area contributed by atoms with Gasteiger partial charge in [0, 0.05) is 5.02 Å². The minimum atomic E-state index is -0.494. The minimum Gasteiger partial charge on any atom is -0.386 e. The summed E-state index contributed by atoms with van der Waals surface area (Å²) in [6.45, 7) is 0.932. The maximum Gasteiger partial charge on any atom is 0.103 e. The van der Waals surface area contributed by atoms with Crippen molar-refractivity contribution in [3.05, 3.63) is 34.3 Å². The molecule has 1 atom stereocenters. The number of rotatable bonds is 0. The van der Waals surface area contributed by atoms with Gasteiger partial charge in [0.15, 0.2) is 0 Å². The number of benzene rings is 1. The lowest BCUT2D eigenvalue weighted by molar-refractivity contribution is 0.00982. The molecular formula is C9H9ClO2. The van der Waals surface area contributed by atoms with Crippen LogP contribution in [0.3, 0.4) is 0 Å². The smallest absolute Gasteiger partial charge is 0.103 e. The Kier molecular flexibility index (Phi) is 2.05. The lowest BCUT2D eigenvalue weighted by atomic mass is 10.0. The molecule has 64 valence electrons. The zero-order chi connectivity index (χ0) is 8.55. The maximum absolute atomic E-state index is 9.48. The summed E-state index contributed by atoms with van der Waals surface area (Å²) in [5.74, 6) is 0. The van der Waals surface area contributed by atoms with E-state index in [1.54, 1.807) is 6.07 Å². The highest BCUT2D eigenvalue weighted by Crippen LogP contribution is 2.26. The molecule has 0 aromatic heterocycles. The molecule has 1 aliphatic heterocycles. The normalized spacial score (nSPS) is 22.0. The van der Waals surface area contributed by atoms with Crippen molar-refractivity contribution in [2.45, 2.75) is 12.7 Å². The molecule has 1 heterocycles. The second-order valence-electron chi connectivity index (χ2n) is 2.87. The van der Waals surface area contributed by atoms with Crippen LogP contribution in [0.1, 0.15) is 17.2 Å². The van der Waals surface area contributed by atoms with Gasteiger partial charge in [-0.05, 0) is 23.3 Å². The van der Waals surface area contributed by atoms with E-state index < -0.39 is 6.10 Å². The third-order valence-electron chi connectivity index (χ3n) is 2.00. The molecule has 0 spiro atoms. The molecule has 3 heteroatoms.